The molecule has 19 nitrogen and oxygen atoms in total. The Bertz CT molecular complexity index is 2310. The van der Waals surface area contributed by atoms with Gasteiger partial charge in [0.15, 0.2) is 0 Å². The number of hydrogen-bond donors (Lipinski definition) is 4. The number of piperazine rings is 2. The van der Waals surface area contributed by atoms with Gasteiger partial charge in [0.2, 0.25) is 29.6 Å². The van der Waals surface area contributed by atoms with Crippen LogP contribution in [-0.2, 0) is 31.0 Å². The first kappa shape index (κ1) is 48.1. The first-order valence-corrected chi connectivity index (χ1v) is 25.2. The first-order chi connectivity index (χ1) is 33.4. The van der Waals surface area contributed by atoms with E-state index in [4.69, 9.17) is 4.74 Å². The van der Waals surface area contributed by atoms with Crippen LogP contribution in [0.5, 0.6) is 0 Å². The number of amides is 4. The van der Waals surface area contributed by atoms with Crippen molar-refractivity contribution >= 4 is 58.4 Å². The fourth-order valence-electron chi connectivity index (χ4n) is 11.1. The number of likely N-dealkylation sites (tertiary alicyclic amines) is 1. The Labute approximate surface area is 403 Å². The van der Waals surface area contributed by atoms with Gasteiger partial charge in [0.25, 0.3) is 0 Å². The summed E-state index contributed by atoms with van der Waals surface area (Å²) in [6, 6.07) is 4.56. The summed E-state index contributed by atoms with van der Waals surface area (Å²) in [5.41, 5.74) is 2.12. The molecule has 20 heteroatoms. The molecule has 2 aliphatic carbocycles. The Balaban J connectivity index is 0.640. The molecule has 3 aromatic rings. The van der Waals surface area contributed by atoms with E-state index in [1.165, 1.54) is 12.3 Å². The highest BCUT2D eigenvalue weighted by Gasteiger charge is 2.39. The number of aryl methyl sites for hydroxylation is 1. The molecule has 6 aliphatic rings. The molecule has 4 N–H and O–H groups in total. The van der Waals surface area contributed by atoms with Crippen LogP contribution in [0.25, 0.3) is 0 Å². The molecule has 372 valence electrons. The number of halogens is 1. The molecule has 1 atom stereocenters. The standard InChI is InChI=1S/C49H68FN13O6/c1-3-69-48(68)39-26-51-49(55-38-25-52-58(2)31-38)57-44(39)54-36-10-4-32(5-11-36)27-59-18-22-62(23-19-59)46(66)34-6-8-35(9-7-34)47(67)63-29-33(30-63)28-60-16-20-61(21-17-60)42-14-12-37(24-40(42)50)53-41-13-15-43(64)56-45(41)65/h12,14,24-26,31-36,41,53H,3-11,13,15-23,27-30H2,1-2H3,(H,56,64,65)(H2,51,54,55,57). The maximum atomic E-state index is 15.2. The Morgan fingerprint density at radius 2 is 1.45 bits per heavy atom. The molecule has 1 unspecified atom stereocenters. The third-order valence-electron chi connectivity index (χ3n) is 15.1. The molecule has 4 aliphatic heterocycles. The lowest BCUT2D eigenvalue weighted by Crippen LogP contribution is -2.57. The Hall–Kier alpha value is -5.89. The van der Waals surface area contributed by atoms with Crippen LogP contribution in [0.4, 0.5) is 33.2 Å². The minimum absolute atomic E-state index is 0.00587. The van der Waals surface area contributed by atoms with Gasteiger partial charge in [0, 0.05) is 134 Å². The van der Waals surface area contributed by atoms with Crippen molar-refractivity contribution in [2.24, 2.45) is 30.7 Å². The number of nitrogens with one attached hydrogen (secondary N) is 4. The van der Waals surface area contributed by atoms with E-state index >= 15 is 4.39 Å². The van der Waals surface area contributed by atoms with Gasteiger partial charge in [-0.3, -0.25) is 39.0 Å². The number of imide groups is 1. The zero-order valence-corrected chi connectivity index (χ0v) is 40.0. The van der Waals surface area contributed by atoms with Crippen LogP contribution in [0.3, 0.4) is 0 Å². The van der Waals surface area contributed by atoms with Crippen molar-refractivity contribution in [3.8, 4) is 0 Å². The van der Waals surface area contributed by atoms with Crippen LogP contribution in [0.15, 0.2) is 36.8 Å². The van der Waals surface area contributed by atoms with E-state index in [0.29, 0.717) is 60.1 Å². The van der Waals surface area contributed by atoms with Gasteiger partial charge >= 0.3 is 5.97 Å². The lowest BCUT2D eigenvalue weighted by molar-refractivity contribution is -0.146. The molecule has 1 aromatic carbocycles. The summed E-state index contributed by atoms with van der Waals surface area (Å²) < 4.78 is 22.2. The van der Waals surface area contributed by atoms with E-state index in [9.17, 15) is 24.0 Å². The molecule has 0 radical (unpaired) electrons. The highest BCUT2D eigenvalue weighted by Crippen LogP contribution is 2.35. The van der Waals surface area contributed by atoms with Crippen molar-refractivity contribution in [2.75, 3.05) is 106 Å². The molecule has 4 amide bonds. The molecule has 69 heavy (non-hydrogen) atoms. The number of nitrogens with zero attached hydrogens (tertiary/aromatic N) is 9. The van der Waals surface area contributed by atoms with Crippen molar-refractivity contribution < 1.29 is 33.1 Å². The average molecular weight is 954 g/mol. The van der Waals surface area contributed by atoms with Gasteiger partial charge in [-0.1, -0.05) is 0 Å². The van der Waals surface area contributed by atoms with Crippen LogP contribution in [0, 0.1) is 29.5 Å². The van der Waals surface area contributed by atoms with Crippen LogP contribution in [-0.4, -0.2) is 166 Å². The van der Waals surface area contributed by atoms with Crippen molar-refractivity contribution in [3.63, 3.8) is 0 Å². The van der Waals surface area contributed by atoms with Gasteiger partial charge in [0.1, 0.15) is 23.2 Å². The second kappa shape index (κ2) is 21.8. The van der Waals surface area contributed by atoms with Gasteiger partial charge in [0.05, 0.1) is 24.2 Å². The Kier molecular flexibility index (Phi) is 15.2. The fraction of sp³-hybridized carbons (Fsp3) is 0.633. The van der Waals surface area contributed by atoms with E-state index in [1.807, 2.05) is 18.1 Å². The molecular weight excluding hydrogens is 886 g/mol. The lowest BCUT2D eigenvalue weighted by atomic mass is 9.80. The minimum Gasteiger partial charge on any atom is -0.462 e. The molecular formula is C49H68FN13O6. The topological polar surface area (TPSA) is 202 Å². The largest absolute Gasteiger partial charge is 0.462 e. The summed E-state index contributed by atoms with van der Waals surface area (Å²) in [5.74, 6) is 0.846. The smallest absolute Gasteiger partial charge is 0.343 e. The highest BCUT2D eigenvalue weighted by molar-refractivity contribution is 6.01. The number of rotatable bonds is 15. The summed E-state index contributed by atoms with van der Waals surface area (Å²) >= 11 is 0. The number of carbonyl (C=O) groups excluding carboxylic acids is 5. The molecule has 4 saturated heterocycles. The SMILES string of the molecule is CCOC(=O)c1cnc(Nc2cnn(C)c2)nc1NC1CCC(CN2CCN(C(=O)C3CCC(C(=O)N4CC(CN5CCN(c6ccc(NC7CCC(=O)NC7=O)cc6F)CC5)C4)CC3)CC2)CC1. The second-order valence-corrected chi connectivity index (χ2v) is 20.0. The highest BCUT2D eigenvalue weighted by atomic mass is 19.1. The van der Waals surface area contributed by atoms with E-state index in [0.717, 1.165) is 123 Å². The number of aromatic nitrogens is 4. The minimum atomic E-state index is -0.563. The normalized spacial score (nSPS) is 25.1. The average Bonchev–Trinajstić information content (AvgIpc) is 3.75. The number of benzene rings is 1. The molecule has 0 spiro atoms. The van der Waals surface area contributed by atoms with Gasteiger partial charge in [-0.25, -0.2) is 14.2 Å². The molecule has 6 fully saturated rings. The van der Waals surface area contributed by atoms with Crippen molar-refractivity contribution in [1.29, 1.82) is 0 Å². The maximum Gasteiger partial charge on any atom is 0.343 e. The summed E-state index contributed by atoms with van der Waals surface area (Å²) in [5, 5.41) is 16.2. The summed E-state index contributed by atoms with van der Waals surface area (Å²) in [6.07, 6.45) is 12.8. The van der Waals surface area contributed by atoms with Gasteiger partial charge in [-0.2, -0.15) is 10.1 Å². The Morgan fingerprint density at radius 1 is 0.783 bits per heavy atom. The van der Waals surface area contributed by atoms with E-state index in [1.54, 1.807) is 29.9 Å². The number of ether oxygens (including phenoxy) is 1. The van der Waals surface area contributed by atoms with Crippen LogP contribution in [0.1, 0.15) is 81.5 Å². The van der Waals surface area contributed by atoms with Crippen molar-refractivity contribution in [1.82, 2.24) is 44.7 Å². The predicted octanol–water partition coefficient (Wildman–Crippen LogP) is 3.69. The maximum absolute atomic E-state index is 15.2. The third-order valence-corrected chi connectivity index (χ3v) is 15.1. The molecule has 2 saturated carbocycles. The van der Waals surface area contributed by atoms with Crippen LogP contribution >= 0.6 is 0 Å². The van der Waals surface area contributed by atoms with Crippen LogP contribution < -0.4 is 26.2 Å². The molecule has 0 bridgehead atoms. The van der Waals surface area contributed by atoms with Crippen LogP contribution in [0.2, 0.25) is 0 Å². The first-order valence-electron chi connectivity index (χ1n) is 25.2. The quantitative estimate of drug-likeness (QED) is 0.127. The number of carbonyl (C=O) groups is 5. The lowest BCUT2D eigenvalue weighted by Gasteiger charge is -2.45. The van der Waals surface area contributed by atoms with Crippen molar-refractivity contribution in [3.05, 3.63) is 48.2 Å². The predicted molar refractivity (Wildman–Crippen MR) is 257 cm³/mol. The Morgan fingerprint density at radius 3 is 2.09 bits per heavy atom. The monoisotopic (exact) mass is 954 g/mol. The van der Waals surface area contributed by atoms with E-state index in [2.05, 4.69) is 55.9 Å². The number of piperidine rings is 1. The van der Waals surface area contributed by atoms with E-state index < -0.39 is 12.0 Å². The summed E-state index contributed by atoms with van der Waals surface area (Å²) in [7, 11) is 1.83. The third kappa shape index (κ3) is 11.9. The number of hydrogen-bond acceptors (Lipinski definition) is 15. The van der Waals surface area contributed by atoms with Gasteiger partial charge < -0.3 is 35.4 Å². The molecule has 9 rings (SSSR count). The molecule has 6 heterocycles. The number of anilines is 5. The zero-order chi connectivity index (χ0) is 48.0. The molecule has 2 aromatic heterocycles. The summed E-state index contributed by atoms with van der Waals surface area (Å²) in [4.78, 5) is 83.6. The van der Waals surface area contributed by atoms with Gasteiger partial charge in [-0.05, 0) is 88.8 Å². The second-order valence-electron chi connectivity index (χ2n) is 20.0. The van der Waals surface area contributed by atoms with Gasteiger partial charge in [-0.15, -0.1) is 0 Å². The summed E-state index contributed by atoms with van der Waals surface area (Å²) in [6.45, 7) is 11.8. The van der Waals surface area contributed by atoms with E-state index in [-0.39, 0.29) is 60.4 Å². The fourth-order valence-corrected chi connectivity index (χ4v) is 11.1. The van der Waals surface area contributed by atoms with Crippen molar-refractivity contribution in [2.45, 2.75) is 83.2 Å². The zero-order valence-electron chi connectivity index (χ0n) is 40.0. The number of esters is 1.